The SMILES string of the molecule is C=C(C)S(=O)(=O)N1CC(c2nn(-c3ccc(OC(F)(F)F)cc3)c3nccc(C(O)CO)c23)C1. The van der Waals surface area contributed by atoms with Gasteiger partial charge in [-0.15, -0.1) is 13.2 Å². The molecular formula is C21H21F3N4O5S. The van der Waals surface area contributed by atoms with E-state index in [9.17, 15) is 31.8 Å². The molecule has 13 heteroatoms. The summed E-state index contributed by atoms with van der Waals surface area (Å²) in [6, 6.07) is 6.53. The lowest BCUT2D eigenvalue weighted by Gasteiger charge is -2.37. The van der Waals surface area contributed by atoms with Crippen LogP contribution in [0.25, 0.3) is 16.7 Å². The number of pyridine rings is 1. The number of ether oxygens (including phenoxy) is 1. The standard InChI is InChI=1S/C21H21F3N4O5S/c1-12(2)34(31,32)27-9-13(10-27)19-18-16(17(30)11-29)7-8-25-20(18)28(26-19)14-3-5-15(6-4-14)33-21(22,23)24/h3-8,13,17,29-30H,1,9-11H2,2H3. The summed E-state index contributed by atoms with van der Waals surface area (Å²) in [5.74, 6) is -0.739. The fraction of sp³-hybridized carbons (Fsp3) is 0.333. The van der Waals surface area contributed by atoms with Gasteiger partial charge in [0.05, 0.1) is 18.0 Å². The highest BCUT2D eigenvalue weighted by molar-refractivity contribution is 7.93. The van der Waals surface area contributed by atoms with E-state index in [4.69, 9.17) is 0 Å². The van der Waals surface area contributed by atoms with Gasteiger partial charge in [0.1, 0.15) is 11.9 Å². The van der Waals surface area contributed by atoms with Crippen molar-refractivity contribution in [3.05, 3.63) is 59.3 Å². The normalized spacial score (nSPS) is 16.4. The van der Waals surface area contributed by atoms with Crippen molar-refractivity contribution in [2.75, 3.05) is 19.7 Å². The van der Waals surface area contributed by atoms with Crippen LogP contribution < -0.4 is 4.74 Å². The number of alkyl halides is 3. The maximum Gasteiger partial charge on any atom is 0.573 e. The molecule has 2 aromatic heterocycles. The zero-order valence-corrected chi connectivity index (χ0v) is 18.7. The number of nitrogens with zero attached hydrogens (tertiary/aromatic N) is 4. The van der Waals surface area contributed by atoms with Gasteiger partial charge in [0, 0.05) is 35.5 Å². The fourth-order valence-corrected chi connectivity index (χ4v) is 4.94. The highest BCUT2D eigenvalue weighted by atomic mass is 32.2. The van der Waals surface area contributed by atoms with Crippen molar-refractivity contribution in [3.63, 3.8) is 0 Å². The maximum absolute atomic E-state index is 12.5. The number of halogens is 3. The summed E-state index contributed by atoms with van der Waals surface area (Å²) in [5, 5.41) is 24.9. The number of aliphatic hydroxyl groups is 2. The van der Waals surface area contributed by atoms with Crippen LogP contribution >= 0.6 is 0 Å². The minimum absolute atomic E-state index is 0.0144. The van der Waals surface area contributed by atoms with Crippen molar-refractivity contribution in [1.29, 1.82) is 0 Å². The summed E-state index contributed by atoms with van der Waals surface area (Å²) in [7, 11) is -3.64. The van der Waals surface area contributed by atoms with Crippen LogP contribution in [0.3, 0.4) is 0 Å². The number of hydrogen-bond acceptors (Lipinski definition) is 7. The van der Waals surface area contributed by atoms with E-state index in [1.54, 1.807) is 0 Å². The second kappa shape index (κ2) is 8.65. The molecule has 1 aliphatic rings. The number of hydrogen-bond donors (Lipinski definition) is 2. The lowest BCUT2D eigenvalue weighted by atomic mass is 9.94. The predicted octanol–water partition coefficient (Wildman–Crippen LogP) is 2.61. The smallest absolute Gasteiger partial charge is 0.406 e. The Morgan fingerprint density at radius 3 is 2.47 bits per heavy atom. The molecule has 1 aliphatic heterocycles. The molecule has 2 N–H and O–H groups in total. The van der Waals surface area contributed by atoms with Gasteiger partial charge in [0.25, 0.3) is 0 Å². The van der Waals surface area contributed by atoms with Crippen LogP contribution in [0.5, 0.6) is 5.75 Å². The van der Waals surface area contributed by atoms with Crippen molar-refractivity contribution in [3.8, 4) is 11.4 Å². The van der Waals surface area contributed by atoms with Gasteiger partial charge in [0.2, 0.25) is 10.0 Å². The summed E-state index contributed by atoms with van der Waals surface area (Å²) in [4.78, 5) is 4.34. The van der Waals surface area contributed by atoms with Crippen LogP contribution in [0.2, 0.25) is 0 Å². The fourth-order valence-electron chi connectivity index (χ4n) is 3.75. The monoisotopic (exact) mass is 498 g/mol. The molecule has 0 radical (unpaired) electrons. The van der Waals surface area contributed by atoms with Crippen molar-refractivity contribution >= 4 is 21.1 Å². The van der Waals surface area contributed by atoms with Gasteiger partial charge >= 0.3 is 6.36 Å². The Labute approximate surface area is 192 Å². The Kier molecular flexibility index (Phi) is 6.14. The lowest BCUT2D eigenvalue weighted by Crippen LogP contribution is -2.48. The summed E-state index contributed by atoms with van der Waals surface area (Å²) >= 11 is 0. The first kappa shape index (κ1) is 24.1. The third-order valence-electron chi connectivity index (χ3n) is 5.49. The van der Waals surface area contributed by atoms with Crippen molar-refractivity contribution in [1.82, 2.24) is 19.1 Å². The van der Waals surface area contributed by atoms with Crippen LogP contribution in [0.4, 0.5) is 13.2 Å². The van der Waals surface area contributed by atoms with Crippen LogP contribution in [0, 0.1) is 0 Å². The van der Waals surface area contributed by atoms with E-state index in [2.05, 4.69) is 21.4 Å². The molecule has 182 valence electrons. The molecule has 1 aromatic carbocycles. The summed E-state index contributed by atoms with van der Waals surface area (Å²) in [5.41, 5.74) is 1.48. The third-order valence-corrected chi connectivity index (χ3v) is 7.35. The van der Waals surface area contributed by atoms with Crippen molar-refractivity contribution in [2.24, 2.45) is 0 Å². The highest BCUT2D eigenvalue weighted by Crippen LogP contribution is 2.37. The molecular weight excluding hydrogens is 477 g/mol. The van der Waals surface area contributed by atoms with E-state index in [0.29, 0.717) is 28.0 Å². The molecule has 9 nitrogen and oxygen atoms in total. The Morgan fingerprint density at radius 2 is 1.91 bits per heavy atom. The molecule has 34 heavy (non-hydrogen) atoms. The molecule has 0 amide bonds. The van der Waals surface area contributed by atoms with Crippen LogP contribution in [0.15, 0.2) is 48.0 Å². The summed E-state index contributed by atoms with van der Waals surface area (Å²) in [6.07, 6.45) is -4.65. The Balaban J connectivity index is 1.77. The number of allylic oxidation sites excluding steroid dienone is 1. The first-order chi connectivity index (χ1) is 15.9. The van der Waals surface area contributed by atoms with Crippen LogP contribution in [-0.2, 0) is 10.0 Å². The van der Waals surface area contributed by atoms with Gasteiger partial charge in [-0.3, -0.25) is 0 Å². The van der Waals surface area contributed by atoms with Gasteiger partial charge in [-0.05, 0) is 42.8 Å². The van der Waals surface area contributed by atoms with Gasteiger partial charge in [-0.25, -0.2) is 18.1 Å². The summed E-state index contributed by atoms with van der Waals surface area (Å²) in [6.45, 7) is 4.59. The van der Waals surface area contributed by atoms with Gasteiger partial charge in [-0.2, -0.15) is 9.40 Å². The average Bonchev–Trinajstić information content (AvgIpc) is 3.10. The molecule has 1 fully saturated rings. The Bertz CT molecular complexity index is 1330. The lowest BCUT2D eigenvalue weighted by molar-refractivity contribution is -0.274. The van der Waals surface area contributed by atoms with Gasteiger partial charge < -0.3 is 14.9 Å². The van der Waals surface area contributed by atoms with E-state index in [1.165, 1.54) is 40.3 Å². The van der Waals surface area contributed by atoms with Gasteiger partial charge in [-0.1, -0.05) is 6.58 Å². The second-order valence-electron chi connectivity index (χ2n) is 7.86. The largest absolute Gasteiger partial charge is 0.573 e. The van der Waals surface area contributed by atoms with Crippen molar-refractivity contribution < 1.29 is 36.5 Å². The number of rotatable bonds is 7. The van der Waals surface area contributed by atoms with E-state index in [0.717, 1.165) is 12.1 Å². The molecule has 0 spiro atoms. The van der Waals surface area contributed by atoms with Crippen LogP contribution in [-0.4, -0.2) is 63.8 Å². The highest BCUT2D eigenvalue weighted by Gasteiger charge is 2.40. The Morgan fingerprint density at radius 1 is 1.26 bits per heavy atom. The quantitative estimate of drug-likeness (QED) is 0.514. The molecule has 1 saturated heterocycles. The number of sulfonamides is 1. The minimum atomic E-state index is -4.83. The Hall–Kier alpha value is -3.00. The first-order valence-electron chi connectivity index (χ1n) is 10.1. The molecule has 4 rings (SSSR count). The van der Waals surface area contributed by atoms with Crippen molar-refractivity contribution in [2.45, 2.75) is 25.3 Å². The molecule has 0 aliphatic carbocycles. The molecule has 3 heterocycles. The molecule has 3 aromatic rings. The number of fused-ring (bicyclic) bond motifs is 1. The second-order valence-corrected chi connectivity index (χ2v) is 10.0. The van der Waals surface area contributed by atoms with Gasteiger partial charge in [0.15, 0.2) is 5.65 Å². The van der Waals surface area contributed by atoms with E-state index < -0.39 is 34.8 Å². The average molecular weight is 498 g/mol. The molecule has 0 saturated carbocycles. The predicted molar refractivity (Wildman–Crippen MR) is 116 cm³/mol. The first-order valence-corrected chi connectivity index (χ1v) is 11.5. The molecule has 0 bridgehead atoms. The summed E-state index contributed by atoms with van der Waals surface area (Å²) < 4.78 is 68.7. The zero-order valence-electron chi connectivity index (χ0n) is 17.9. The molecule has 1 unspecified atom stereocenters. The topological polar surface area (TPSA) is 118 Å². The van der Waals surface area contributed by atoms with Crippen LogP contribution in [0.1, 0.15) is 30.2 Å². The van der Waals surface area contributed by atoms with E-state index >= 15 is 0 Å². The zero-order chi connectivity index (χ0) is 24.8. The maximum atomic E-state index is 12.5. The van der Waals surface area contributed by atoms with E-state index in [-0.39, 0.29) is 23.9 Å². The third kappa shape index (κ3) is 4.39. The number of aliphatic hydroxyl groups excluding tert-OH is 2. The number of benzene rings is 1. The minimum Gasteiger partial charge on any atom is -0.406 e. The molecule has 1 atom stereocenters. The van der Waals surface area contributed by atoms with E-state index in [1.807, 2.05) is 0 Å². The number of aromatic nitrogens is 3.